The Kier molecular flexibility index (Phi) is 4.45. The Hall–Kier alpha value is -3.23. The van der Waals surface area contributed by atoms with Crippen LogP contribution in [0.3, 0.4) is 0 Å². The molecule has 0 aliphatic carbocycles. The van der Waals surface area contributed by atoms with E-state index in [-0.39, 0.29) is 23.8 Å². The first kappa shape index (κ1) is 17.6. The average molecular weight is 356 g/mol. The van der Waals surface area contributed by atoms with Gasteiger partial charge in [0.05, 0.1) is 6.33 Å². The van der Waals surface area contributed by atoms with Crippen molar-refractivity contribution in [1.29, 1.82) is 0 Å². The van der Waals surface area contributed by atoms with Gasteiger partial charge in [0.2, 0.25) is 0 Å². The first-order chi connectivity index (χ1) is 12.3. The summed E-state index contributed by atoms with van der Waals surface area (Å²) < 4.78 is 5.07. The van der Waals surface area contributed by atoms with Gasteiger partial charge in [-0.3, -0.25) is 23.7 Å². The molecule has 0 saturated carbocycles. The molecule has 3 aromatic rings. The van der Waals surface area contributed by atoms with Crippen molar-refractivity contribution in [3.05, 3.63) is 57.0 Å². The fourth-order valence-electron chi connectivity index (χ4n) is 2.76. The third-order valence-electron chi connectivity index (χ3n) is 3.99. The molecule has 9 heteroatoms. The molecule has 0 unspecified atom stereocenters. The summed E-state index contributed by atoms with van der Waals surface area (Å²) in [6.07, 6.45) is 3.03. The van der Waals surface area contributed by atoms with Gasteiger partial charge in [0, 0.05) is 26.3 Å². The highest BCUT2D eigenvalue weighted by Gasteiger charge is 2.17. The van der Waals surface area contributed by atoms with Crippen molar-refractivity contribution >= 4 is 17.1 Å². The summed E-state index contributed by atoms with van der Waals surface area (Å²) in [6, 6.07) is 5.18. The van der Waals surface area contributed by atoms with Crippen LogP contribution >= 0.6 is 0 Å². The molecule has 0 radical (unpaired) electrons. The maximum Gasteiger partial charge on any atom is 0.332 e. The number of rotatable bonds is 3. The maximum atomic E-state index is 12.8. The molecule has 0 bridgehead atoms. The lowest BCUT2D eigenvalue weighted by Gasteiger charge is -2.10. The fraction of sp³-hybridized carbons (Fsp3) is 0.353. The van der Waals surface area contributed by atoms with Crippen LogP contribution < -0.4 is 16.7 Å². The smallest absolute Gasteiger partial charge is 0.328 e. The Balaban J connectivity index is 2.14. The van der Waals surface area contributed by atoms with Gasteiger partial charge in [0.1, 0.15) is 12.0 Å². The lowest BCUT2D eigenvalue weighted by molar-refractivity contribution is 0.0882. The maximum absolute atomic E-state index is 12.8. The first-order valence-electron chi connectivity index (χ1n) is 8.17. The highest BCUT2D eigenvalue weighted by atomic mass is 16.2. The van der Waals surface area contributed by atoms with Crippen LogP contribution in [0.5, 0.6) is 0 Å². The van der Waals surface area contributed by atoms with E-state index in [0.717, 1.165) is 4.57 Å². The monoisotopic (exact) mass is 356 g/mol. The molecule has 0 aliphatic rings. The number of hydrogen-bond acceptors (Lipinski definition) is 5. The van der Waals surface area contributed by atoms with E-state index in [0.29, 0.717) is 5.49 Å². The van der Waals surface area contributed by atoms with E-state index in [1.807, 2.05) is 13.8 Å². The molecule has 0 aromatic carbocycles. The Labute approximate surface area is 148 Å². The SMILES string of the molecule is CC(C)N=c1ccccn1C(=O)Cn1c(=O)c2c(ncn2C)n(C)c1=O. The topological polar surface area (TPSA) is 96.2 Å². The molecular formula is C17H20N6O3. The van der Waals surface area contributed by atoms with Crippen LogP contribution in [0, 0.1) is 0 Å². The average Bonchev–Trinajstić information content (AvgIpc) is 2.98. The Bertz CT molecular complexity index is 1180. The molecule has 9 nitrogen and oxygen atoms in total. The molecular weight excluding hydrogens is 336 g/mol. The molecule has 0 saturated heterocycles. The molecule has 136 valence electrons. The molecule has 0 amide bonds. The van der Waals surface area contributed by atoms with Gasteiger partial charge in [0.25, 0.3) is 11.5 Å². The molecule has 3 aromatic heterocycles. The van der Waals surface area contributed by atoms with E-state index in [4.69, 9.17) is 0 Å². The van der Waals surface area contributed by atoms with E-state index in [9.17, 15) is 14.4 Å². The van der Waals surface area contributed by atoms with Crippen LogP contribution in [-0.4, -0.2) is 35.2 Å². The van der Waals surface area contributed by atoms with Crippen molar-refractivity contribution in [3.8, 4) is 0 Å². The van der Waals surface area contributed by atoms with Crippen molar-refractivity contribution in [2.24, 2.45) is 19.1 Å². The zero-order chi connectivity index (χ0) is 19.0. The van der Waals surface area contributed by atoms with Gasteiger partial charge in [-0.15, -0.1) is 0 Å². The summed E-state index contributed by atoms with van der Waals surface area (Å²) in [5, 5.41) is 0. The van der Waals surface area contributed by atoms with Gasteiger partial charge >= 0.3 is 5.69 Å². The van der Waals surface area contributed by atoms with Crippen molar-refractivity contribution in [2.45, 2.75) is 26.4 Å². The second kappa shape index (κ2) is 6.58. The summed E-state index contributed by atoms with van der Waals surface area (Å²) in [5.74, 6) is -0.425. The summed E-state index contributed by atoms with van der Waals surface area (Å²) in [4.78, 5) is 46.5. The summed E-state index contributed by atoms with van der Waals surface area (Å²) in [5.41, 5.74) is -0.109. The zero-order valence-electron chi connectivity index (χ0n) is 15.1. The van der Waals surface area contributed by atoms with E-state index in [1.165, 1.54) is 27.1 Å². The van der Waals surface area contributed by atoms with Gasteiger partial charge in [-0.25, -0.2) is 14.3 Å². The summed E-state index contributed by atoms with van der Waals surface area (Å²) in [6.45, 7) is 3.42. The zero-order valence-corrected chi connectivity index (χ0v) is 15.1. The highest BCUT2D eigenvalue weighted by Crippen LogP contribution is 2.02. The molecule has 0 spiro atoms. The second-order valence-electron chi connectivity index (χ2n) is 6.31. The summed E-state index contributed by atoms with van der Waals surface area (Å²) in [7, 11) is 3.19. The number of fused-ring (bicyclic) bond motifs is 1. The molecule has 0 atom stereocenters. The van der Waals surface area contributed by atoms with Crippen LogP contribution in [0.1, 0.15) is 18.6 Å². The van der Waals surface area contributed by atoms with Crippen molar-refractivity contribution in [2.75, 3.05) is 0 Å². The lowest BCUT2D eigenvalue weighted by atomic mass is 10.4. The number of hydrogen-bond donors (Lipinski definition) is 0. The molecule has 0 fully saturated rings. The molecule has 3 rings (SSSR count). The molecule has 3 heterocycles. The van der Waals surface area contributed by atoms with E-state index < -0.39 is 17.2 Å². The van der Waals surface area contributed by atoms with Crippen LogP contribution in [0.15, 0.2) is 45.3 Å². The molecule has 0 N–H and O–H groups in total. The molecule has 26 heavy (non-hydrogen) atoms. The standard InChI is InChI=1S/C17H20N6O3/c1-11(2)19-12-7-5-6-8-22(12)13(24)9-23-16(25)14-15(18-10-20(14)3)21(4)17(23)26/h5-8,10-11H,9H2,1-4H3. The van der Waals surface area contributed by atoms with Crippen LogP contribution in [0.4, 0.5) is 0 Å². The van der Waals surface area contributed by atoms with Crippen LogP contribution in [0.25, 0.3) is 11.2 Å². The van der Waals surface area contributed by atoms with Crippen molar-refractivity contribution in [3.63, 3.8) is 0 Å². The van der Waals surface area contributed by atoms with Crippen molar-refractivity contribution < 1.29 is 4.79 Å². The first-order valence-corrected chi connectivity index (χ1v) is 8.17. The second-order valence-corrected chi connectivity index (χ2v) is 6.31. The van der Waals surface area contributed by atoms with Gasteiger partial charge in [-0.05, 0) is 26.0 Å². The number of aromatic nitrogens is 5. The van der Waals surface area contributed by atoms with Crippen LogP contribution in [0.2, 0.25) is 0 Å². The van der Waals surface area contributed by atoms with Gasteiger partial charge in [-0.1, -0.05) is 6.07 Å². The highest BCUT2D eigenvalue weighted by molar-refractivity contribution is 5.79. The predicted octanol–water partition coefficient (Wildman–Crippen LogP) is -0.115. The minimum atomic E-state index is -0.589. The Morgan fingerprint density at radius 1 is 1.23 bits per heavy atom. The number of pyridine rings is 1. The van der Waals surface area contributed by atoms with Gasteiger partial charge < -0.3 is 4.57 Å². The predicted molar refractivity (Wildman–Crippen MR) is 96.0 cm³/mol. The number of imidazole rings is 1. The summed E-state index contributed by atoms with van der Waals surface area (Å²) >= 11 is 0. The van der Waals surface area contributed by atoms with E-state index in [2.05, 4.69) is 9.98 Å². The fourth-order valence-corrected chi connectivity index (χ4v) is 2.76. The number of aryl methyl sites for hydroxylation is 2. The number of carbonyl (C=O) groups is 1. The third-order valence-corrected chi connectivity index (χ3v) is 3.99. The largest absolute Gasteiger partial charge is 0.332 e. The normalized spacial score (nSPS) is 12.3. The quantitative estimate of drug-likeness (QED) is 0.654. The number of nitrogens with zero attached hydrogens (tertiary/aromatic N) is 6. The van der Waals surface area contributed by atoms with Crippen LogP contribution in [-0.2, 0) is 20.6 Å². The Morgan fingerprint density at radius 2 is 1.96 bits per heavy atom. The van der Waals surface area contributed by atoms with Gasteiger partial charge in [-0.2, -0.15) is 0 Å². The van der Waals surface area contributed by atoms with E-state index >= 15 is 0 Å². The van der Waals surface area contributed by atoms with Gasteiger partial charge in [0.15, 0.2) is 11.2 Å². The lowest BCUT2D eigenvalue weighted by Crippen LogP contribution is -2.43. The molecule has 0 aliphatic heterocycles. The third kappa shape index (κ3) is 2.92. The Morgan fingerprint density at radius 3 is 2.65 bits per heavy atom. The number of carbonyl (C=O) groups excluding carboxylic acids is 1. The minimum Gasteiger partial charge on any atom is -0.328 e. The minimum absolute atomic E-state index is 0.00200. The van der Waals surface area contributed by atoms with Crippen molar-refractivity contribution in [1.82, 2.24) is 23.3 Å². The van der Waals surface area contributed by atoms with E-state index in [1.54, 1.807) is 31.4 Å².